The smallest absolute Gasteiger partial charge is 0.240 e. The van der Waals surface area contributed by atoms with Crippen molar-refractivity contribution < 1.29 is 4.79 Å². The third-order valence-corrected chi connectivity index (χ3v) is 5.76. The van der Waals surface area contributed by atoms with Crippen LogP contribution in [0.2, 0.25) is 0 Å². The molecule has 4 rings (SSSR count). The minimum Gasteiger partial charge on any atom is -0.339 e. The highest BCUT2D eigenvalue weighted by atomic mass is 16.2. The number of carbonyl (C=O) groups excluding carboxylic acids is 1. The van der Waals surface area contributed by atoms with Gasteiger partial charge in [-0.05, 0) is 25.5 Å². The predicted octanol–water partition coefficient (Wildman–Crippen LogP) is 0.479. The first-order valence-electron chi connectivity index (χ1n) is 9.81. The largest absolute Gasteiger partial charge is 0.339 e. The summed E-state index contributed by atoms with van der Waals surface area (Å²) in [5, 5.41) is 8.80. The highest BCUT2D eigenvalue weighted by Gasteiger charge is 2.35. The predicted molar refractivity (Wildman–Crippen MR) is 103 cm³/mol. The lowest BCUT2D eigenvalue weighted by Gasteiger charge is -2.27. The van der Waals surface area contributed by atoms with Crippen molar-refractivity contribution in [3.8, 4) is 0 Å². The number of rotatable bonds is 4. The molecular weight excluding hydrogens is 340 g/mol. The van der Waals surface area contributed by atoms with E-state index in [9.17, 15) is 4.79 Å². The molecule has 1 saturated heterocycles. The van der Waals surface area contributed by atoms with Crippen LogP contribution in [0.25, 0.3) is 0 Å². The number of hydrogen-bond donors (Lipinski definition) is 1. The summed E-state index contributed by atoms with van der Waals surface area (Å²) >= 11 is 0. The van der Waals surface area contributed by atoms with E-state index in [1.54, 1.807) is 0 Å². The number of amides is 1. The van der Waals surface area contributed by atoms with Crippen LogP contribution in [0.1, 0.15) is 23.6 Å². The summed E-state index contributed by atoms with van der Waals surface area (Å²) in [5.74, 6) is 2.21. The molecule has 2 atom stereocenters. The van der Waals surface area contributed by atoms with E-state index in [1.165, 1.54) is 5.56 Å². The van der Waals surface area contributed by atoms with Crippen molar-refractivity contribution in [2.45, 2.75) is 44.3 Å². The normalized spacial score (nSPS) is 23.3. The quantitative estimate of drug-likeness (QED) is 0.849. The van der Waals surface area contributed by atoms with Crippen LogP contribution in [0.5, 0.6) is 0 Å². The second kappa shape index (κ2) is 7.78. The van der Waals surface area contributed by atoms with Gasteiger partial charge in [-0.25, -0.2) is 0 Å². The molecule has 0 radical (unpaired) electrons. The lowest BCUT2D eigenvalue weighted by Crippen LogP contribution is -2.45. The van der Waals surface area contributed by atoms with E-state index < -0.39 is 0 Å². The Morgan fingerprint density at radius 3 is 2.70 bits per heavy atom. The maximum atomic E-state index is 13.0. The standard InChI is InChI=1S/C20H28N6O/c1-24-14-16(21)13-17(24)20(27)25-10-9-19-23-22-18(26(19)12-11-25)8-7-15-5-3-2-4-6-15/h2-6,16-17H,7-14,21H2,1H3/t16-,17-/m0/s1. The van der Waals surface area contributed by atoms with E-state index in [0.29, 0.717) is 13.1 Å². The van der Waals surface area contributed by atoms with Crippen LogP contribution in [0.4, 0.5) is 0 Å². The van der Waals surface area contributed by atoms with Gasteiger partial charge in [-0.15, -0.1) is 10.2 Å². The van der Waals surface area contributed by atoms with Gasteiger partial charge in [0.2, 0.25) is 5.91 Å². The van der Waals surface area contributed by atoms with Crippen molar-refractivity contribution in [1.82, 2.24) is 24.6 Å². The fourth-order valence-electron chi connectivity index (χ4n) is 4.23. The number of benzene rings is 1. The minimum absolute atomic E-state index is 0.0823. The molecule has 3 heterocycles. The van der Waals surface area contributed by atoms with Crippen molar-refractivity contribution in [2.75, 3.05) is 26.7 Å². The molecule has 0 aliphatic carbocycles. The zero-order valence-electron chi connectivity index (χ0n) is 15.9. The Kier molecular flexibility index (Phi) is 5.22. The molecule has 27 heavy (non-hydrogen) atoms. The summed E-state index contributed by atoms with van der Waals surface area (Å²) in [6.07, 6.45) is 3.32. The van der Waals surface area contributed by atoms with Crippen molar-refractivity contribution >= 4 is 5.91 Å². The molecule has 2 aliphatic rings. The van der Waals surface area contributed by atoms with Crippen LogP contribution >= 0.6 is 0 Å². The fourth-order valence-corrected chi connectivity index (χ4v) is 4.23. The molecule has 2 aliphatic heterocycles. The van der Waals surface area contributed by atoms with Crippen molar-refractivity contribution in [3.05, 3.63) is 47.5 Å². The van der Waals surface area contributed by atoms with Gasteiger partial charge in [0.25, 0.3) is 0 Å². The molecule has 1 amide bonds. The average Bonchev–Trinajstić information content (AvgIpc) is 3.14. The van der Waals surface area contributed by atoms with Gasteiger partial charge < -0.3 is 15.2 Å². The van der Waals surface area contributed by atoms with Crippen LogP contribution in [0, 0.1) is 0 Å². The molecule has 1 aromatic carbocycles. The lowest BCUT2D eigenvalue weighted by molar-refractivity contribution is -0.135. The second-order valence-electron chi connectivity index (χ2n) is 7.70. The van der Waals surface area contributed by atoms with Gasteiger partial charge in [-0.2, -0.15) is 0 Å². The Labute approximate surface area is 160 Å². The second-order valence-corrected chi connectivity index (χ2v) is 7.70. The summed E-state index contributed by atoms with van der Waals surface area (Å²) in [6.45, 7) is 2.97. The highest BCUT2D eigenvalue weighted by molar-refractivity contribution is 5.82. The van der Waals surface area contributed by atoms with Gasteiger partial charge in [0.15, 0.2) is 0 Å². The number of carbonyl (C=O) groups is 1. The molecule has 0 unspecified atom stereocenters. The third-order valence-electron chi connectivity index (χ3n) is 5.76. The van der Waals surface area contributed by atoms with Crippen LogP contribution < -0.4 is 5.73 Å². The van der Waals surface area contributed by atoms with Crippen LogP contribution in [-0.4, -0.2) is 69.2 Å². The third kappa shape index (κ3) is 3.89. The van der Waals surface area contributed by atoms with Gasteiger partial charge in [0, 0.05) is 45.1 Å². The number of fused-ring (bicyclic) bond motifs is 1. The number of hydrogen-bond acceptors (Lipinski definition) is 5. The molecule has 2 N–H and O–H groups in total. The highest BCUT2D eigenvalue weighted by Crippen LogP contribution is 2.19. The molecule has 144 valence electrons. The minimum atomic E-state index is -0.0823. The van der Waals surface area contributed by atoms with Gasteiger partial charge in [0.1, 0.15) is 11.6 Å². The zero-order valence-corrected chi connectivity index (χ0v) is 15.9. The molecular formula is C20H28N6O. The van der Waals surface area contributed by atoms with Crippen molar-refractivity contribution in [1.29, 1.82) is 0 Å². The Morgan fingerprint density at radius 2 is 1.96 bits per heavy atom. The molecule has 0 spiro atoms. The SMILES string of the molecule is CN1C[C@@H](N)C[C@H]1C(=O)N1CCc2nnc(CCc3ccccc3)n2CC1. The van der Waals surface area contributed by atoms with Gasteiger partial charge in [-0.3, -0.25) is 9.69 Å². The van der Waals surface area contributed by atoms with Gasteiger partial charge >= 0.3 is 0 Å². The summed E-state index contributed by atoms with van der Waals surface area (Å²) in [7, 11) is 1.99. The average molecular weight is 368 g/mol. The van der Waals surface area contributed by atoms with Crippen LogP contribution in [-0.2, 0) is 30.6 Å². The first-order chi connectivity index (χ1) is 13.1. The molecule has 7 nitrogen and oxygen atoms in total. The molecule has 7 heteroatoms. The number of likely N-dealkylation sites (N-methyl/N-ethyl adjacent to an activating group) is 1. The molecule has 0 bridgehead atoms. The molecule has 1 fully saturated rings. The summed E-state index contributed by atoms with van der Waals surface area (Å²) in [4.78, 5) is 17.0. The number of aryl methyl sites for hydroxylation is 2. The topological polar surface area (TPSA) is 80.3 Å². The van der Waals surface area contributed by atoms with Crippen molar-refractivity contribution in [3.63, 3.8) is 0 Å². The summed E-state index contributed by atoms with van der Waals surface area (Å²) in [6, 6.07) is 10.5. The molecule has 2 aromatic rings. The Hall–Kier alpha value is -2.25. The monoisotopic (exact) mass is 368 g/mol. The Balaban J connectivity index is 1.40. The lowest BCUT2D eigenvalue weighted by atomic mass is 10.1. The number of nitrogens with zero attached hydrogens (tertiary/aromatic N) is 5. The van der Waals surface area contributed by atoms with Gasteiger partial charge in [0.05, 0.1) is 6.04 Å². The fraction of sp³-hybridized carbons (Fsp3) is 0.550. The molecule has 0 saturated carbocycles. The van der Waals surface area contributed by atoms with Crippen molar-refractivity contribution in [2.24, 2.45) is 5.73 Å². The van der Waals surface area contributed by atoms with E-state index in [0.717, 1.165) is 50.4 Å². The van der Waals surface area contributed by atoms with E-state index in [-0.39, 0.29) is 18.0 Å². The zero-order chi connectivity index (χ0) is 18.8. The molecule has 1 aromatic heterocycles. The number of nitrogens with two attached hydrogens (primary N) is 1. The van der Waals surface area contributed by atoms with E-state index in [1.807, 2.05) is 18.0 Å². The first kappa shape index (κ1) is 18.1. The van der Waals surface area contributed by atoms with Crippen LogP contribution in [0.3, 0.4) is 0 Å². The number of aromatic nitrogens is 3. The maximum absolute atomic E-state index is 13.0. The summed E-state index contributed by atoms with van der Waals surface area (Å²) in [5.41, 5.74) is 7.34. The van der Waals surface area contributed by atoms with E-state index in [2.05, 4.69) is 43.9 Å². The maximum Gasteiger partial charge on any atom is 0.240 e. The Bertz CT molecular complexity index is 789. The van der Waals surface area contributed by atoms with Gasteiger partial charge in [-0.1, -0.05) is 30.3 Å². The van der Waals surface area contributed by atoms with E-state index in [4.69, 9.17) is 5.73 Å². The Morgan fingerprint density at radius 1 is 1.15 bits per heavy atom. The number of likely N-dealkylation sites (tertiary alicyclic amines) is 1. The first-order valence-corrected chi connectivity index (χ1v) is 9.81. The van der Waals surface area contributed by atoms with E-state index >= 15 is 0 Å². The summed E-state index contributed by atoms with van der Waals surface area (Å²) < 4.78 is 2.21. The van der Waals surface area contributed by atoms with Crippen LogP contribution in [0.15, 0.2) is 30.3 Å².